The first-order valence-corrected chi connectivity index (χ1v) is 16.5. The maximum absolute atomic E-state index is 6.72. The van der Waals surface area contributed by atoms with Gasteiger partial charge in [-0.15, -0.1) is 0 Å². The van der Waals surface area contributed by atoms with E-state index in [1.165, 1.54) is 0 Å². The SMILES string of the molecule is Nc1ccccc1OCCOCCOCCOCCOCCOCCOCCOC(c1ccccc1)(c1ccccc1)c1ccccc1. The Morgan fingerprint density at radius 1 is 0.354 bits per heavy atom. The summed E-state index contributed by atoms with van der Waals surface area (Å²) in [6, 6.07) is 38.4. The van der Waals surface area contributed by atoms with Gasteiger partial charge in [-0.1, -0.05) is 103 Å². The maximum atomic E-state index is 6.72. The molecule has 0 radical (unpaired) electrons. The van der Waals surface area contributed by atoms with Crippen molar-refractivity contribution in [3.8, 4) is 5.75 Å². The first-order valence-electron chi connectivity index (χ1n) is 16.5. The van der Waals surface area contributed by atoms with Gasteiger partial charge in [0, 0.05) is 0 Å². The van der Waals surface area contributed by atoms with Crippen LogP contribution in [0.25, 0.3) is 0 Å². The Morgan fingerprint density at radius 2 is 0.667 bits per heavy atom. The lowest BCUT2D eigenvalue weighted by Gasteiger charge is -2.36. The van der Waals surface area contributed by atoms with E-state index in [1.807, 2.05) is 72.8 Å². The molecule has 0 heterocycles. The largest absolute Gasteiger partial charge is 0.489 e. The summed E-state index contributed by atoms with van der Waals surface area (Å²) >= 11 is 0. The molecule has 0 atom stereocenters. The molecule has 0 aromatic heterocycles. The molecule has 4 rings (SSSR count). The number of benzene rings is 4. The molecule has 0 saturated carbocycles. The average Bonchev–Trinajstić information content (AvgIpc) is 3.14. The molecule has 2 N–H and O–H groups in total. The van der Waals surface area contributed by atoms with Gasteiger partial charge in [0.15, 0.2) is 0 Å². The second-order valence-corrected chi connectivity index (χ2v) is 10.7. The predicted octanol–water partition coefficient (Wildman–Crippen LogP) is 5.76. The van der Waals surface area contributed by atoms with Crippen molar-refractivity contribution in [2.24, 2.45) is 0 Å². The van der Waals surface area contributed by atoms with E-state index in [9.17, 15) is 0 Å². The highest BCUT2D eigenvalue weighted by molar-refractivity contribution is 5.51. The Bertz CT molecular complexity index is 1260. The van der Waals surface area contributed by atoms with Gasteiger partial charge in [-0.2, -0.15) is 0 Å². The fraction of sp³-hybridized carbons (Fsp3) is 0.385. The predicted molar refractivity (Wildman–Crippen MR) is 186 cm³/mol. The number of hydrogen-bond donors (Lipinski definition) is 1. The first-order chi connectivity index (χ1) is 23.8. The molecular weight excluding hydrogens is 610 g/mol. The van der Waals surface area contributed by atoms with E-state index in [2.05, 4.69) is 36.4 Å². The molecule has 9 nitrogen and oxygen atoms in total. The quantitative estimate of drug-likeness (QED) is 0.0513. The van der Waals surface area contributed by atoms with E-state index in [0.29, 0.717) is 104 Å². The van der Waals surface area contributed by atoms with Crippen LogP contribution in [-0.4, -0.2) is 92.5 Å². The zero-order valence-corrected chi connectivity index (χ0v) is 27.7. The van der Waals surface area contributed by atoms with E-state index < -0.39 is 5.60 Å². The van der Waals surface area contributed by atoms with E-state index in [1.54, 1.807) is 6.07 Å². The number of para-hydroxylation sites is 2. The van der Waals surface area contributed by atoms with Gasteiger partial charge in [0.05, 0.1) is 91.6 Å². The summed E-state index contributed by atoms with van der Waals surface area (Å²) in [5, 5.41) is 0. The molecule has 0 aliphatic heterocycles. The number of ether oxygens (including phenoxy) is 8. The van der Waals surface area contributed by atoms with Crippen LogP contribution in [0, 0.1) is 0 Å². The molecule has 4 aromatic rings. The Morgan fingerprint density at radius 3 is 1.04 bits per heavy atom. The normalized spacial score (nSPS) is 11.5. The molecule has 0 aliphatic rings. The van der Waals surface area contributed by atoms with Crippen molar-refractivity contribution in [3.05, 3.63) is 132 Å². The summed E-state index contributed by atoms with van der Waals surface area (Å²) in [5.41, 5.74) is 8.91. The highest BCUT2D eigenvalue weighted by atomic mass is 16.6. The fourth-order valence-electron chi connectivity index (χ4n) is 5.05. The highest BCUT2D eigenvalue weighted by Crippen LogP contribution is 2.40. The summed E-state index contributed by atoms with van der Waals surface area (Å²) in [6.45, 7) is 6.70. The molecule has 258 valence electrons. The monoisotopic (exact) mass is 659 g/mol. The number of rotatable bonds is 26. The van der Waals surface area contributed by atoms with Crippen LogP contribution in [0.3, 0.4) is 0 Å². The van der Waals surface area contributed by atoms with Gasteiger partial charge >= 0.3 is 0 Å². The van der Waals surface area contributed by atoms with E-state index in [-0.39, 0.29) is 0 Å². The lowest BCUT2D eigenvalue weighted by Crippen LogP contribution is -2.34. The van der Waals surface area contributed by atoms with E-state index >= 15 is 0 Å². The zero-order valence-electron chi connectivity index (χ0n) is 27.7. The summed E-state index contributed by atoms with van der Waals surface area (Å²) in [7, 11) is 0. The average molecular weight is 660 g/mol. The van der Waals surface area contributed by atoms with Crippen LogP contribution in [0.2, 0.25) is 0 Å². The third-order valence-electron chi connectivity index (χ3n) is 7.35. The van der Waals surface area contributed by atoms with Crippen LogP contribution in [0.5, 0.6) is 5.75 Å². The summed E-state index contributed by atoms with van der Waals surface area (Å²) in [6.07, 6.45) is 0. The molecule has 0 unspecified atom stereocenters. The van der Waals surface area contributed by atoms with Crippen LogP contribution < -0.4 is 10.5 Å². The first kappa shape index (κ1) is 37.0. The van der Waals surface area contributed by atoms with Crippen molar-refractivity contribution in [1.82, 2.24) is 0 Å². The Labute approximate surface area is 284 Å². The van der Waals surface area contributed by atoms with Gasteiger partial charge in [0.25, 0.3) is 0 Å². The van der Waals surface area contributed by atoms with Gasteiger partial charge in [-0.25, -0.2) is 0 Å². The van der Waals surface area contributed by atoms with E-state index in [4.69, 9.17) is 43.6 Å². The third kappa shape index (κ3) is 12.7. The van der Waals surface area contributed by atoms with Crippen molar-refractivity contribution >= 4 is 5.69 Å². The van der Waals surface area contributed by atoms with Gasteiger partial charge in [0.1, 0.15) is 18.0 Å². The van der Waals surface area contributed by atoms with Crippen LogP contribution in [-0.2, 0) is 38.8 Å². The minimum atomic E-state index is -0.748. The van der Waals surface area contributed by atoms with Crippen molar-refractivity contribution in [1.29, 1.82) is 0 Å². The zero-order chi connectivity index (χ0) is 33.4. The lowest BCUT2D eigenvalue weighted by atomic mass is 9.80. The standard InChI is InChI=1S/C39H49NO8/c40-37-18-10-11-19-38(37)47-32-30-45-28-26-43-24-22-41-20-21-42-23-25-44-27-29-46-31-33-48-39(34-12-4-1-5-13-34,35-14-6-2-7-15-35)36-16-8-3-9-17-36/h1-19H,20-33,40H2. The minimum Gasteiger partial charge on any atom is -0.489 e. The topological polar surface area (TPSA) is 99.9 Å². The van der Waals surface area contributed by atoms with Gasteiger partial charge in [-0.3, -0.25) is 0 Å². The molecule has 0 aliphatic carbocycles. The van der Waals surface area contributed by atoms with E-state index in [0.717, 1.165) is 16.7 Å². The van der Waals surface area contributed by atoms with Crippen molar-refractivity contribution < 1.29 is 37.9 Å². The molecule has 0 fully saturated rings. The van der Waals surface area contributed by atoms with Crippen molar-refractivity contribution in [3.63, 3.8) is 0 Å². The highest BCUT2D eigenvalue weighted by Gasteiger charge is 2.37. The summed E-state index contributed by atoms with van der Waals surface area (Å²) in [5.74, 6) is 0.670. The fourth-order valence-corrected chi connectivity index (χ4v) is 5.05. The molecule has 0 amide bonds. The van der Waals surface area contributed by atoms with Crippen LogP contribution >= 0.6 is 0 Å². The molecule has 9 heteroatoms. The molecule has 4 aromatic carbocycles. The number of nitrogens with two attached hydrogens (primary N) is 1. The molecule has 0 bridgehead atoms. The second kappa shape index (κ2) is 22.7. The van der Waals surface area contributed by atoms with Crippen LogP contribution in [0.4, 0.5) is 5.69 Å². The molecule has 48 heavy (non-hydrogen) atoms. The smallest absolute Gasteiger partial charge is 0.143 e. The number of nitrogen functional groups attached to an aromatic ring is 1. The van der Waals surface area contributed by atoms with Crippen LogP contribution in [0.1, 0.15) is 16.7 Å². The minimum absolute atomic E-state index is 0.418. The molecule has 0 spiro atoms. The summed E-state index contributed by atoms with van der Waals surface area (Å²) < 4.78 is 45.9. The van der Waals surface area contributed by atoms with Crippen molar-refractivity contribution in [2.45, 2.75) is 5.60 Å². The summed E-state index contributed by atoms with van der Waals surface area (Å²) in [4.78, 5) is 0. The number of anilines is 1. The van der Waals surface area contributed by atoms with Crippen molar-refractivity contribution in [2.75, 3.05) is 98.2 Å². The second-order valence-electron chi connectivity index (χ2n) is 10.7. The molecular formula is C39H49NO8. The van der Waals surface area contributed by atoms with Crippen LogP contribution in [0.15, 0.2) is 115 Å². The third-order valence-corrected chi connectivity index (χ3v) is 7.35. The Balaban J connectivity index is 0.975. The number of hydrogen-bond acceptors (Lipinski definition) is 9. The maximum Gasteiger partial charge on any atom is 0.143 e. The molecule has 0 saturated heterocycles. The van der Waals surface area contributed by atoms with Gasteiger partial charge in [-0.05, 0) is 28.8 Å². The Hall–Kier alpha value is -3.80. The van der Waals surface area contributed by atoms with Gasteiger partial charge < -0.3 is 43.6 Å². The lowest BCUT2D eigenvalue weighted by molar-refractivity contribution is -0.0395. The Kier molecular flexibility index (Phi) is 17.5. The van der Waals surface area contributed by atoms with Gasteiger partial charge in [0.2, 0.25) is 0 Å².